The molecule has 0 bridgehead atoms. The summed E-state index contributed by atoms with van der Waals surface area (Å²) in [5, 5.41) is 47.3. The fraction of sp³-hybridized carbons (Fsp3) is 0.453. The number of aliphatic hydroxyl groups is 1. The molecule has 2 aliphatic heterocycles. The molecule has 6 aromatic rings. The van der Waals surface area contributed by atoms with Crippen molar-refractivity contribution >= 4 is 29.3 Å². The molecule has 2 saturated heterocycles. The highest BCUT2D eigenvalue weighted by Gasteiger charge is 2.46. The van der Waals surface area contributed by atoms with Gasteiger partial charge in [0.2, 0.25) is 12.6 Å². The molecule has 6 N–H and O–H groups in total. The van der Waals surface area contributed by atoms with Crippen LogP contribution in [0.1, 0.15) is 77.3 Å². The van der Waals surface area contributed by atoms with Crippen molar-refractivity contribution in [3.8, 4) is 11.4 Å². The van der Waals surface area contributed by atoms with Crippen LogP contribution in [0, 0.1) is 43.0 Å². The van der Waals surface area contributed by atoms with Crippen molar-refractivity contribution in [2.45, 2.75) is 97.0 Å². The van der Waals surface area contributed by atoms with Crippen LogP contribution in [-0.4, -0.2) is 127 Å². The fourth-order valence-electron chi connectivity index (χ4n) is 9.46. The number of hydrogen-bond donors (Lipinski definition) is 4. The van der Waals surface area contributed by atoms with Gasteiger partial charge in [0.1, 0.15) is 54.3 Å². The molecule has 2 fully saturated rings. The number of piperazine rings is 1. The number of rotatable bonds is 21. The number of carbonyl (C=O) groups is 2. The van der Waals surface area contributed by atoms with Gasteiger partial charge in [-0.1, -0.05) is 26.5 Å². The number of anilines is 3. The van der Waals surface area contributed by atoms with E-state index >= 15 is 4.39 Å². The highest BCUT2D eigenvalue weighted by atomic mass is 19.1. The number of amides is 1. The second-order valence-electron chi connectivity index (χ2n) is 19.3. The molecule has 0 radical (unpaired) electrons. The zero-order valence-corrected chi connectivity index (χ0v) is 45.5. The highest BCUT2D eigenvalue weighted by molar-refractivity contribution is 5.86. The number of benzene rings is 3. The number of hydrogen-bond acceptors (Lipinski definition) is 20. The first-order chi connectivity index (χ1) is 39.1. The predicted molar refractivity (Wildman–Crippen MR) is 295 cm³/mol. The molecule has 5 heterocycles. The van der Waals surface area contributed by atoms with Crippen LogP contribution in [0.3, 0.4) is 0 Å². The van der Waals surface area contributed by atoms with Gasteiger partial charge in [0.25, 0.3) is 11.4 Å². The Hall–Kier alpha value is -8.87. The molecule has 2 aliphatic rings. The maximum atomic E-state index is 15.6. The smallest absolute Gasteiger partial charge is 0.418 e. The minimum absolute atomic E-state index is 0. The third-order valence-electron chi connectivity index (χ3n) is 13.6. The average Bonchev–Trinajstić information content (AvgIpc) is 4.01. The normalized spacial score (nSPS) is 17.0. The van der Waals surface area contributed by atoms with Crippen molar-refractivity contribution in [1.29, 1.82) is 0 Å². The highest BCUT2D eigenvalue weighted by Crippen LogP contribution is 2.42. The van der Waals surface area contributed by atoms with E-state index in [2.05, 4.69) is 25.0 Å². The number of nitrogens with two attached hydrogens (primary N) is 2. The number of ether oxygens (including phenoxy) is 4. The van der Waals surface area contributed by atoms with Gasteiger partial charge in [-0.25, -0.2) is 32.6 Å². The van der Waals surface area contributed by atoms with E-state index in [9.17, 15) is 23.9 Å². The van der Waals surface area contributed by atoms with Gasteiger partial charge in [-0.3, -0.25) is 9.69 Å². The second kappa shape index (κ2) is 30.3. The van der Waals surface area contributed by atoms with Crippen molar-refractivity contribution in [1.82, 2.24) is 29.1 Å². The Morgan fingerprint density at radius 3 is 2.18 bits per heavy atom. The van der Waals surface area contributed by atoms with Crippen LogP contribution in [0.25, 0.3) is 5.69 Å². The minimum Gasteiger partial charge on any atom is -0.493 e. The predicted octanol–water partition coefficient (Wildman–Crippen LogP) is 4.81. The van der Waals surface area contributed by atoms with Crippen LogP contribution in [0.2, 0.25) is 0 Å². The summed E-state index contributed by atoms with van der Waals surface area (Å²) in [5.74, 6) is -1.32. The lowest BCUT2D eigenvalue weighted by molar-refractivity contribution is -0.753. The molecule has 450 valence electrons. The molecule has 8 rings (SSSR count). The summed E-state index contributed by atoms with van der Waals surface area (Å²) in [6, 6.07) is 21.3. The van der Waals surface area contributed by atoms with E-state index in [-0.39, 0.29) is 56.8 Å². The van der Waals surface area contributed by atoms with E-state index in [1.165, 1.54) is 52.2 Å². The number of carbonyl (C=O) groups excluding carboxylic acids is 2. The number of aromatic nitrogens is 7. The molecule has 1 unspecified atom stereocenters. The standard InChI is InChI=1S/C52H65F2N12O8.CH4.HNO3.NO3/c1-5-47(35(2)67)66-50(69)65(33-59-66)42-13-11-40(12-14-42)61-22-24-62(25-23-61)41-15-17-43(18-16-41)71-28-37-27-52(73-29-37,44-19-10-39(53)26-45(44)54)31-64-34-63(32-58-64)36(3)74-51(70)60(4)48-38(8-7-21-57-48)30-72-49(68)46(56)9-6-20-55;;2*2-1(3)4/h7-8,10-19,21,26,32-37,46-47,67H,5-6,9,20,22-25,27-31,55-56H2,1-4H3;1H4;(H,2,3,4);/q+1;;;-1/t35-,36?,37+,46-,47-,52-;;;/m0.../s1. The summed E-state index contributed by atoms with van der Waals surface area (Å²) < 4.78 is 59.7. The van der Waals surface area contributed by atoms with Gasteiger partial charge in [-0.15, -0.1) is 14.8 Å². The van der Waals surface area contributed by atoms with Gasteiger partial charge in [0.15, 0.2) is 0 Å². The summed E-state index contributed by atoms with van der Waals surface area (Å²) >= 11 is 0. The first kappa shape index (κ1) is 64.9. The number of esters is 1. The van der Waals surface area contributed by atoms with Crippen molar-refractivity contribution in [2.75, 3.05) is 67.7 Å². The van der Waals surface area contributed by atoms with E-state index in [1.54, 1.807) is 41.6 Å². The van der Waals surface area contributed by atoms with Gasteiger partial charge >= 0.3 is 17.8 Å². The van der Waals surface area contributed by atoms with Gasteiger partial charge in [0.05, 0.1) is 36.1 Å². The molecule has 0 saturated carbocycles. The Kier molecular flexibility index (Phi) is 23.7. The van der Waals surface area contributed by atoms with Crippen molar-refractivity contribution in [3.05, 3.63) is 163 Å². The van der Waals surface area contributed by atoms with Crippen LogP contribution >= 0.6 is 0 Å². The van der Waals surface area contributed by atoms with E-state index in [0.717, 1.165) is 43.6 Å². The van der Waals surface area contributed by atoms with E-state index in [0.29, 0.717) is 49.2 Å². The van der Waals surface area contributed by atoms with Crippen LogP contribution < -0.4 is 41.2 Å². The summed E-state index contributed by atoms with van der Waals surface area (Å²) in [6.07, 6.45) is 5.65. The zero-order valence-electron chi connectivity index (χ0n) is 45.5. The van der Waals surface area contributed by atoms with Crippen molar-refractivity contribution in [2.24, 2.45) is 17.4 Å². The molecule has 30 heteroatoms. The SMILES string of the molecule is C.CC[C@@H]([C@H](C)O)n1ncn(-c2ccc(N3CCN(c4ccc(OC[C@@H]5CO[C@@](Cn6c[n+](C(C)OC(=O)N(C)c7ncccc7COC(=O)[C@@H](N)CCCN)cn6)(c6ccc(F)cc6F)C5)cc4)CC3)cc2)c1=O.O=[N+]([O-])O.O=[N+]([O-])[O-]. The van der Waals surface area contributed by atoms with E-state index in [1.807, 2.05) is 55.5 Å². The quantitative estimate of drug-likeness (QED) is 0.0325. The Bertz CT molecular complexity index is 3100. The largest absolute Gasteiger partial charge is 0.493 e. The molecular formula is C53H70F2N14O14. The molecule has 0 aliphatic carbocycles. The lowest BCUT2D eigenvalue weighted by Gasteiger charge is -2.37. The molecule has 0 spiro atoms. The number of halogens is 2. The van der Waals surface area contributed by atoms with Gasteiger partial charge in [0, 0.05) is 85.9 Å². The van der Waals surface area contributed by atoms with E-state index < -0.39 is 63.9 Å². The zero-order chi connectivity index (χ0) is 59.7. The minimum atomic E-state index is -1.75. The number of pyridine rings is 1. The Morgan fingerprint density at radius 1 is 0.976 bits per heavy atom. The second-order valence-corrected chi connectivity index (χ2v) is 19.3. The first-order valence-corrected chi connectivity index (χ1v) is 26.0. The lowest BCUT2D eigenvalue weighted by atomic mass is 9.87. The third kappa shape index (κ3) is 17.6. The van der Waals surface area contributed by atoms with Crippen LogP contribution in [0.5, 0.6) is 5.75 Å². The number of aliphatic hydroxyl groups excluding tert-OH is 1. The van der Waals surface area contributed by atoms with Gasteiger partial charge < -0.3 is 65.8 Å². The van der Waals surface area contributed by atoms with Crippen LogP contribution in [0.4, 0.5) is 30.8 Å². The Balaban J connectivity index is 0.00000132. The summed E-state index contributed by atoms with van der Waals surface area (Å²) in [5.41, 5.74) is 13.4. The topological polar surface area (TPSA) is 357 Å². The molecule has 28 nitrogen and oxygen atoms in total. The maximum Gasteiger partial charge on any atom is 0.418 e. The molecule has 1 amide bonds. The van der Waals surface area contributed by atoms with E-state index in [4.69, 9.17) is 61.1 Å². The molecular weight excluding hydrogens is 1090 g/mol. The average molecular weight is 1170 g/mol. The fourth-order valence-corrected chi connectivity index (χ4v) is 9.46. The Morgan fingerprint density at radius 2 is 1.59 bits per heavy atom. The van der Waals surface area contributed by atoms with Crippen molar-refractivity contribution < 1.29 is 62.4 Å². The molecule has 3 aromatic carbocycles. The maximum absolute atomic E-state index is 15.6. The molecule has 3 aromatic heterocycles. The lowest BCUT2D eigenvalue weighted by Crippen LogP contribution is -2.46. The van der Waals surface area contributed by atoms with Gasteiger partial charge in [-0.05, 0) is 99.8 Å². The summed E-state index contributed by atoms with van der Waals surface area (Å²) in [6.45, 7) is 9.22. The monoisotopic (exact) mass is 1160 g/mol. The Labute approximate surface area is 475 Å². The van der Waals surface area contributed by atoms with Gasteiger partial charge in [-0.2, -0.15) is 9.67 Å². The van der Waals surface area contributed by atoms with Crippen molar-refractivity contribution in [3.63, 3.8) is 0 Å². The number of nitrogens with zero attached hydrogens (tertiary/aromatic N) is 12. The third-order valence-corrected chi connectivity index (χ3v) is 13.6. The van der Waals surface area contributed by atoms with Crippen LogP contribution in [-0.2, 0) is 37.8 Å². The molecule has 83 heavy (non-hydrogen) atoms. The molecule has 6 atom stereocenters. The summed E-state index contributed by atoms with van der Waals surface area (Å²) in [4.78, 5) is 65.7. The summed E-state index contributed by atoms with van der Waals surface area (Å²) in [7, 11) is 1.48. The van der Waals surface area contributed by atoms with Crippen LogP contribution in [0.15, 0.2) is 109 Å². The first-order valence-electron chi connectivity index (χ1n) is 26.0.